The molecule has 2 atom stereocenters. The number of furan rings is 1. The fourth-order valence-electron chi connectivity index (χ4n) is 3.47. The van der Waals surface area contributed by atoms with Crippen molar-refractivity contribution >= 4 is 5.91 Å². The van der Waals surface area contributed by atoms with Gasteiger partial charge in [0, 0.05) is 39.3 Å². The summed E-state index contributed by atoms with van der Waals surface area (Å²) in [7, 11) is 3.65. The molecule has 2 saturated heterocycles. The van der Waals surface area contributed by atoms with Crippen LogP contribution in [0.3, 0.4) is 0 Å². The second-order valence-corrected chi connectivity index (χ2v) is 6.02. The Hall–Kier alpha value is -1.33. The van der Waals surface area contributed by atoms with Crippen molar-refractivity contribution in [2.45, 2.75) is 31.5 Å². The highest BCUT2D eigenvalue weighted by Gasteiger charge is 2.42. The van der Waals surface area contributed by atoms with Crippen molar-refractivity contribution in [2.75, 3.05) is 33.7 Å². The molecule has 0 unspecified atom stereocenters. The zero-order chi connectivity index (χ0) is 14.1. The van der Waals surface area contributed by atoms with Crippen LogP contribution in [0.25, 0.3) is 0 Å². The third-order valence-electron chi connectivity index (χ3n) is 4.58. The van der Waals surface area contributed by atoms with Crippen molar-refractivity contribution in [1.29, 1.82) is 0 Å². The molecule has 0 spiro atoms. The van der Waals surface area contributed by atoms with E-state index in [4.69, 9.17) is 4.42 Å². The summed E-state index contributed by atoms with van der Waals surface area (Å²) in [5, 5.41) is 0. The summed E-state index contributed by atoms with van der Waals surface area (Å²) in [6.07, 6.45) is 4.05. The minimum atomic E-state index is 0.204. The van der Waals surface area contributed by atoms with Gasteiger partial charge >= 0.3 is 0 Å². The van der Waals surface area contributed by atoms with Crippen LogP contribution in [-0.2, 0) is 11.3 Å². The minimum Gasteiger partial charge on any atom is -0.468 e. The number of nitrogens with zero attached hydrogens (tertiary/aromatic N) is 3. The molecule has 3 rings (SSSR count). The molecule has 0 aliphatic carbocycles. The summed E-state index contributed by atoms with van der Waals surface area (Å²) in [4.78, 5) is 18.4. The molecule has 0 bridgehead atoms. The van der Waals surface area contributed by atoms with E-state index in [2.05, 4.69) is 9.80 Å². The topological polar surface area (TPSA) is 39.9 Å². The van der Waals surface area contributed by atoms with E-state index in [9.17, 15) is 4.79 Å². The lowest BCUT2D eigenvalue weighted by molar-refractivity contribution is -0.130. The van der Waals surface area contributed by atoms with E-state index in [1.54, 1.807) is 11.2 Å². The van der Waals surface area contributed by atoms with Crippen molar-refractivity contribution in [3.63, 3.8) is 0 Å². The second-order valence-electron chi connectivity index (χ2n) is 6.02. The van der Waals surface area contributed by atoms with E-state index in [1.165, 1.54) is 0 Å². The number of amides is 1. The van der Waals surface area contributed by atoms with Crippen LogP contribution in [0.2, 0.25) is 0 Å². The molecular formula is C15H23N3O2. The maximum Gasteiger partial charge on any atom is 0.236 e. The molecule has 2 aliphatic rings. The van der Waals surface area contributed by atoms with Crippen LogP contribution in [0.5, 0.6) is 0 Å². The maximum absolute atomic E-state index is 11.9. The van der Waals surface area contributed by atoms with Crippen molar-refractivity contribution < 1.29 is 9.21 Å². The van der Waals surface area contributed by atoms with E-state index in [0.29, 0.717) is 18.6 Å². The maximum atomic E-state index is 11.9. The summed E-state index contributed by atoms with van der Waals surface area (Å²) < 4.78 is 5.45. The van der Waals surface area contributed by atoms with E-state index in [-0.39, 0.29) is 5.91 Å². The number of carbonyl (C=O) groups is 1. The number of hydrogen-bond acceptors (Lipinski definition) is 4. The van der Waals surface area contributed by atoms with Gasteiger partial charge in [-0.1, -0.05) is 0 Å². The Morgan fingerprint density at radius 2 is 2.00 bits per heavy atom. The Morgan fingerprint density at radius 1 is 1.30 bits per heavy atom. The summed E-state index contributed by atoms with van der Waals surface area (Å²) in [5.41, 5.74) is 0. The Balaban J connectivity index is 1.59. The molecule has 1 aromatic heterocycles. The molecule has 5 nitrogen and oxygen atoms in total. The minimum absolute atomic E-state index is 0.204. The van der Waals surface area contributed by atoms with Gasteiger partial charge in [-0.3, -0.25) is 14.6 Å². The van der Waals surface area contributed by atoms with Crippen LogP contribution in [-0.4, -0.2) is 66.4 Å². The first-order chi connectivity index (χ1) is 9.65. The molecule has 2 aliphatic heterocycles. The van der Waals surface area contributed by atoms with Gasteiger partial charge in [-0.2, -0.15) is 0 Å². The van der Waals surface area contributed by atoms with Crippen LogP contribution in [0.15, 0.2) is 22.8 Å². The van der Waals surface area contributed by atoms with Crippen molar-refractivity contribution in [3.05, 3.63) is 24.2 Å². The normalized spacial score (nSPS) is 26.9. The Labute approximate surface area is 120 Å². The third-order valence-corrected chi connectivity index (χ3v) is 4.58. The van der Waals surface area contributed by atoms with Gasteiger partial charge in [0.05, 0.1) is 19.4 Å². The Morgan fingerprint density at radius 3 is 2.65 bits per heavy atom. The molecule has 1 amide bonds. The standard InChI is InChI=1S/C15H23N3O2/c1-16(2)15(19)11-18-8-6-13-14(18)5-7-17(13)10-12-4-3-9-20-12/h3-4,9,13-14H,5-8,10-11H2,1-2H3/t13-,14+/m1/s1. The average Bonchev–Trinajstić information content (AvgIpc) is 3.10. The molecule has 0 radical (unpaired) electrons. The lowest BCUT2D eigenvalue weighted by Crippen LogP contribution is -2.41. The first-order valence-corrected chi connectivity index (χ1v) is 7.36. The first-order valence-electron chi connectivity index (χ1n) is 7.36. The van der Waals surface area contributed by atoms with Crippen LogP contribution in [0.4, 0.5) is 0 Å². The van der Waals surface area contributed by atoms with E-state index >= 15 is 0 Å². The fraction of sp³-hybridized carbons (Fsp3) is 0.667. The number of fused-ring (bicyclic) bond motifs is 1. The predicted octanol–water partition coefficient (Wildman–Crippen LogP) is 1.02. The fourth-order valence-corrected chi connectivity index (χ4v) is 3.47. The third kappa shape index (κ3) is 2.60. The smallest absolute Gasteiger partial charge is 0.236 e. The van der Waals surface area contributed by atoms with Gasteiger partial charge in [0.15, 0.2) is 0 Å². The van der Waals surface area contributed by atoms with E-state index in [0.717, 1.165) is 38.2 Å². The second kappa shape index (κ2) is 5.58. The largest absolute Gasteiger partial charge is 0.468 e. The van der Waals surface area contributed by atoms with Gasteiger partial charge in [-0.25, -0.2) is 0 Å². The van der Waals surface area contributed by atoms with Gasteiger partial charge in [0.25, 0.3) is 0 Å². The van der Waals surface area contributed by atoms with Crippen molar-refractivity contribution in [3.8, 4) is 0 Å². The summed E-state index contributed by atoms with van der Waals surface area (Å²) >= 11 is 0. The number of hydrogen-bond donors (Lipinski definition) is 0. The summed E-state index contributed by atoms with van der Waals surface area (Å²) in [5.74, 6) is 1.24. The molecular weight excluding hydrogens is 254 g/mol. The van der Waals surface area contributed by atoms with E-state index < -0.39 is 0 Å². The quantitative estimate of drug-likeness (QED) is 0.824. The Bertz CT molecular complexity index is 458. The van der Waals surface area contributed by atoms with Crippen molar-refractivity contribution in [1.82, 2.24) is 14.7 Å². The van der Waals surface area contributed by atoms with Gasteiger partial charge < -0.3 is 9.32 Å². The summed E-state index contributed by atoms with van der Waals surface area (Å²) in [6.45, 7) is 3.58. The highest BCUT2D eigenvalue weighted by Crippen LogP contribution is 2.32. The zero-order valence-electron chi connectivity index (χ0n) is 12.3. The highest BCUT2D eigenvalue weighted by molar-refractivity contribution is 5.77. The molecule has 3 heterocycles. The predicted molar refractivity (Wildman–Crippen MR) is 76.2 cm³/mol. The van der Waals surface area contributed by atoms with Gasteiger partial charge in [0.1, 0.15) is 5.76 Å². The monoisotopic (exact) mass is 277 g/mol. The molecule has 0 saturated carbocycles. The van der Waals surface area contributed by atoms with Crippen molar-refractivity contribution in [2.24, 2.45) is 0 Å². The van der Waals surface area contributed by atoms with Crippen LogP contribution in [0.1, 0.15) is 18.6 Å². The SMILES string of the molecule is CN(C)C(=O)CN1CC[C@@H]2[C@@H]1CCN2Cc1ccco1. The average molecular weight is 277 g/mol. The van der Waals surface area contributed by atoms with Crippen LogP contribution in [0, 0.1) is 0 Å². The molecule has 20 heavy (non-hydrogen) atoms. The molecule has 1 aromatic rings. The van der Waals surface area contributed by atoms with Gasteiger partial charge in [-0.15, -0.1) is 0 Å². The van der Waals surface area contributed by atoms with Crippen LogP contribution >= 0.6 is 0 Å². The molecule has 0 aromatic carbocycles. The number of likely N-dealkylation sites (tertiary alicyclic amines) is 2. The number of rotatable bonds is 4. The number of likely N-dealkylation sites (N-methyl/N-ethyl adjacent to an activating group) is 1. The Kier molecular flexibility index (Phi) is 3.81. The molecule has 5 heteroatoms. The van der Waals surface area contributed by atoms with Crippen LogP contribution < -0.4 is 0 Å². The highest BCUT2D eigenvalue weighted by atomic mass is 16.3. The van der Waals surface area contributed by atoms with E-state index in [1.807, 2.05) is 26.2 Å². The lowest BCUT2D eigenvalue weighted by atomic mass is 10.1. The summed E-state index contributed by atoms with van der Waals surface area (Å²) in [6, 6.07) is 5.10. The molecule has 110 valence electrons. The van der Waals surface area contributed by atoms with Gasteiger partial charge in [-0.05, 0) is 25.0 Å². The zero-order valence-corrected chi connectivity index (χ0v) is 12.3. The lowest BCUT2D eigenvalue weighted by Gasteiger charge is -2.25. The first kappa shape index (κ1) is 13.6. The molecule has 0 N–H and O–H groups in total. The van der Waals surface area contributed by atoms with Gasteiger partial charge in [0.2, 0.25) is 5.91 Å². The molecule has 2 fully saturated rings. The number of carbonyl (C=O) groups excluding carboxylic acids is 1.